The van der Waals surface area contributed by atoms with E-state index in [1.807, 2.05) is 6.92 Å². The number of aromatic nitrogens is 3. The van der Waals surface area contributed by atoms with E-state index in [9.17, 15) is 14.0 Å². The molecule has 0 atom stereocenters. The molecule has 0 unspecified atom stereocenters. The first-order chi connectivity index (χ1) is 12.5. The minimum atomic E-state index is -0.553. The summed E-state index contributed by atoms with van der Waals surface area (Å²) < 4.78 is 19.7. The van der Waals surface area contributed by atoms with Gasteiger partial charge in [0.25, 0.3) is 11.8 Å². The summed E-state index contributed by atoms with van der Waals surface area (Å²) in [6.07, 6.45) is 1.56. The van der Waals surface area contributed by atoms with Crippen LogP contribution in [0.5, 0.6) is 0 Å². The number of carbonyl (C=O) groups excluding carboxylic acids is 2. The van der Waals surface area contributed by atoms with Crippen LogP contribution >= 0.6 is 0 Å². The topological polar surface area (TPSA) is 102 Å². The third kappa shape index (κ3) is 3.46. The van der Waals surface area contributed by atoms with Crippen LogP contribution in [-0.4, -0.2) is 33.8 Å². The van der Waals surface area contributed by atoms with E-state index in [0.29, 0.717) is 17.9 Å². The van der Waals surface area contributed by atoms with Crippen LogP contribution in [0.2, 0.25) is 0 Å². The van der Waals surface area contributed by atoms with Crippen LogP contribution in [0.25, 0.3) is 11.3 Å². The van der Waals surface area contributed by atoms with Gasteiger partial charge in [0, 0.05) is 31.4 Å². The lowest BCUT2D eigenvalue weighted by atomic mass is 10.1. The summed E-state index contributed by atoms with van der Waals surface area (Å²) in [5, 5.41) is 12.9. The van der Waals surface area contributed by atoms with E-state index in [0.717, 1.165) is 0 Å². The molecule has 0 aliphatic heterocycles. The molecular formula is C17H16FN5O3. The first kappa shape index (κ1) is 17.3. The van der Waals surface area contributed by atoms with Crippen molar-refractivity contribution < 1.29 is 18.5 Å². The molecule has 0 spiro atoms. The van der Waals surface area contributed by atoms with E-state index in [1.54, 1.807) is 6.20 Å². The molecule has 2 aromatic heterocycles. The van der Waals surface area contributed by atoms with Gasteiger partial charge < -0.3 is 15.2 Å². The normalized spacial score (nSPS) is 10.6. The van der Waals surface area contributed by atoms with Crippen molar-refractivity contribution in [2.24, 2.45) is 0 Å². The molecule has 0 saturated heterocycles. The number of carbonyl (C=O) groups is 2. The molecule has 0 bridgehead atoms. The van der Waals surface area contributed by atoms with Crippen molar-refractivity contribution in [3.8, 4) is 11.3 Å². The van der Waals surface area contributed by atoms with Crippen LogP contribution < -0.4 is 10.6 Å². The highest BCUT2D eigenvalue weighted by Crippen LogP contribution is 2.22. The molecule has 0 saturated carbocycles. The number of hydrogen-bond acceptors (Lipinski definition) is 5. The van der Waals surface area contributed by atoms with E-state index in [4.69, 9.17) is 4.52 Å². The minimum Gasteiger partial charge on any atom is -0.355 e. The Bertz CT molecular complexity index is 946. The van der Waals surface area contributed by atoms with Crippen LogP contribution in [0, 0.1) is 5.82 Å². The Morgan fingerprint density at radius 2 is 1.96 bits per heavy atom. The zero-order valence-corrected chi connectivity index (χ0v) is 14.1. The van der Waals surface area contributed by atoms with Gasteiger partial charge in [-0.3, -0.25) is 14.3 Å². The highest BCUT2D eigenvalue weighted by molar-refractivity contribution is 6.07. The quantitative estimate of drug-likeness (QED) is 0.729. The third-order valence-electron chi connectivity index (χ3n) is 3.65. The zero-order chi connectivity index (χ0) is 18.7. The fourth-order valence-corrected chi connectivity index (χ4v) is 2.28. The molecule has 2 amide bonds. The Hall–Kier alpha value is -3.49. The maximum Gasteiger partial charge on any atom is 0.277 e. The largest absolute Gasteiger partial charge is 0.355 e. The van der Waals surface area contributed by atoms with Crippen LogP contribution in [0.15, 0.2) is 41.1 Å². The third-order valence-corrected chi connectivity index (χ3v) is 3.65. The second kappa shape index (κ2) is 7.18. The minimum absolute atomic E-state index is 0.0245. The number of hydrogen-bond donors (Lipinski definition) is 2. The predicted molar refractivity (Wildman–Crippen MR) is 91.1 cm³/mol. The van der Waals surface area contributed by atoms with Gasteiger partial charge >= 0.3 is 0 Å². The monoisotopic (exact) mass is 357 g/mol. The van der Waals surface area contributed by atoms with Gasteiger partial charge in [0.15, 0.2) is 17.1 Å². The summed E-state index contributed by atoms with van der Waals surface area (Å²) in [6, 6.07) is 7.05. The van der Waals surface area contributed by atoms with Crippen molar-refractivity contribution in [2.45, 2.75) is 13.5 Å². The highest BCUT2D eigenvalue weighted by atomic mass is 19.1. The molecule has 0 aliphatic carbocycles. The smallest absolute Gasteiger partial charge is 0.277 e. The van der Waals surface area contributed by atoms with Gasteiger partial charge in [0.05, 0.1) is 5.69 Å². The molecule has 26 heavy (non-hydrogen) atoms. The zero-order valence-electron chi connectivity index (χ0n) is 14.1. The van der Waals surface area contributed by atoms with Gasteiger partial charge in [-0.25, -0.2) is 4.39 Å². The highest BCUT2D eigenvalue weighted by Gasteiger charge is 2.20. The maximum absolute atomic E-state index is 13.0. The number of nitrogens with zero attached hydrogens (tertiary/aromatic N) is 3. The molecule has 0 radical (unpaired) electrons. The average Bonchev–Trinajstić information content (AvgIpc) is 3.29. The van der Waals surface area contributed by atoms with E-state index < -0.39 is 11.8 Å². The van der Waals surface area contributed by atoms with E-state index in [2.05, 4.69) is 20.9 Å². The van der Waals surface area contributed by atoms with Crippen LogP contribution in [0.4, 0.5) is 10.1 Å². The molecule has 1 aromatic carbocycles. The lowest BCUT2D eigenvalue weighted by Crippen LogP contribution is -2.21. The molecule has 2 N–H and O–H groups in total. The van der Waals surface area contributed by atoms with Crippen molar-refractivity contribution >= 4 is 17.5 Å². The number of rotatable bonds is 5. The van der Waals surface area contributed by atoms with Crippen LogP contribution in [0.1, 0.15) is 27.9 Å². The number of anilines is 1. The lowest BCUT2D eigenvalue weighted by molar-refractivity contribution is 0.0958. The summed E-state index contributed by atoms with van der Waals surface area (Å²) in [5.41, 5.74) is 0.978. The van der Waals surface area contributed by atoms with Gasteiger partial charge in [0.2, 0.25) is 0 Å². The molecule has 0 fully saturated rings. The van der Waals surface area contributed by atoms with E-state index >= 15 is 0 Å². The number of halogens is 1. The molecular weight excluding hydrogens is 341 g/mol. The SMILES string of the molecule is CCn1cc(NC(=O)c2cc(-c3ccc(F)cc3)on2)c(C(=O)NC)n1. The fraction of sp³-hybridized carbons (Fsp3) is 0.176. The second-order valence-corrected chi connectivity index (χ2v) is 5.36. The first-order valence-electron chi connectivity index (χ1n) is 7.85. The van der Waals surface area contributed by atoms with Crippen molar-refractivity contribution in [3.05, 3.63) is 53.7 Å². The fourth-order valence-electron chi connectivity index (χ4n) is 2.28. The molecule has 3 aromatic rings. The van der Waals surface area contributed by atoms with Gasteiger partial charge in [-0.2, -0.15) is 5.10 Å². The van der Waals surface area contributed by atoms with Gasteiger partial charge in [-0.1, -0.05) is 5.16 Å². The van der Waals surface area contributed by atoms with Gasteiger partial charge in [0.1, 0.15) is 5.82 Å². The second-order valence-electron chi connectivity index (χ2n) is 5.36. The standard InChI is InChI=1S/C17H16FN5O3/c1-3-23-9-13(15(21-23)17(25)19-2)20-16(24)12-8-14(26-22-12)10-4-6-11(18)7-5-10/h4-9H,3H2,1-2H3,(H,19,25)(H,20,24). The molecule has 9 heteroatoms. The van der Waals surface area contributed by atoms with Crippen LogP contribution in [0.3, 0.4) is 0 Å². The lowest BCUT2D eigenvalue weighted by Gasteiger charge is -2.01. The van der Waals surface area contributed by atoms with E-state index in [1.165, 1.54) is 42.1 Å². The summed E-state index contributed by atoms with van der Waals surface area (Å²) in [5.74, 6) is -1.02. The Kier molecular flexibility index (Phi) is 4.78. The summed E-state index contributed by atoms with van der Waals surface area (Å²) in [7, 11) is 1.48. The van der Waals surface area contributed by atoms with Gasteiger partial charge in [-0.15, -0.1) is 0 Å². The Labute approximate surface area is 148 Å². The number of aryl methyl sites for hydroxylation is 1. The van der Waals surface area contributed by atoms with E-state index in [-0.39, 0.29) is 22.9 Å². The summed E-state index contributed by atoms with van der Waals surface area (Å²) in [6.45, 7) is 2.40. The van der Waals surface area contributed by atoms with Gasteiger partial charge in [-0.05, 0) is 31.2 Å². The molecule has 2 heterocycles. The maximum atomic E-state index is 13.0. The molecule has 0 aliphatic rings. The molecule has 3 rings (SSSR count). The predicted octanol–water partition coefficient (Wildman–Crippen LogP) is 2.31. The van der Waals surface area contributed by atoms with Crippen molar-refractivity contribution in [3.63, 3.8) is 0 Å². The van der Waals surface area contributed by atoms with Crippen LogP contribution in [-0.2, 0) is 6.54 Å². The Morgan fingerprint density at radius 3 is 2.62 bits per heavy atom. The molecule has 134 valence electrons. The summed E-state index contributed by atoms with van der Waals surface area (Å²) in [4.78, 5) is 24.3. The number of nitrogens with one attached hydrogen (secondary N) is 2. The molecule has 8 nitrogen and oxygen atoms in total. The Morgan fingerprint density at radius 1 is 1.23 bits per heavy atom. The average molecular weight is 357 g/mol. The first-order valence-corrected chi connectivity index (χ1v) is 7.85. The number of amides is 2. The number of benzene rings is 1. The van der Waals surface area contributed by atoms with Crippen molar-refractivity contribution in [2.75, 3.05) is 12.4 Å². The van der Waals surface area contributed by atoms with Crippen molar-refractivity contribution in [1.29, 1.82) is 0 Å². The van der Waals surface area contributed by atoms with Crippen molar-refractivity contribution in [1.82, 2.24) is 20.3 Å². The summed E-state index contributed by atoms with van der Waals surface area (Å²) >= 11 is 0. The Balaban J connectivity index is 1.82.